The lowest BCUT2D eigenvalue weighted by Gasteiger charge is -2.04. The van der Waals surface area contributed by atoms with E-state index in [0.717, 1.165) is 37.9 Å². The Kier molecular flexibility index (Phi) is 14.1. The second kappa shape index (κ2) is 19.4. The summed E-state index contributed by atoms with van der Waals surface area (Å²) in [6.45, 7) is 5.66. The lowest BCUT2D eigenvalue weighted by Crippen LogP contribution is -1.94. The van der Waals surface area contributed by atoms with Crippen LogP contribution in [0.2, 0.25) is 0 Å². The van der Waals surface area contributed by atoms with E-state index in [1.165, 1.54) is 13.1 Å². The molecule has 0 bridgehead atoms. The average molecular weight is 819 g/mol. The van der Waals surface area contributed by atoms with Gasteiger partial charge in [-0.1, -0.05) is 46.7 Å². The number of aromatic nitrogens is 8. The van der Waals surface area contributed by atoms with Gasteiger partial charge in [0.05, 0.1) is 0 Å². The van der Waals surface area contributed by atoms with Crippen molar-refractivity contribution >= 4 is 77.8 Å². The van der Waals surface area contributed by atoms with E-state index in [1.54, 1.807) is 13.8 Å². The van der Waals surface area contributed by atoms with Gasteiger partial charge in [0.1, 0.15) is 30.2 Å². The fourth-order valence-electron chi connectivity index (χ4n) is 4.94. The third-order valence-corrected chi connectivity index (χ3v) is 7.65. The highest BCUT2D eigenvalue weighted by Gasteiger charge is 2.15. The Morgan fingerprint density at radius 3 is 1.48 bits per heavy atom. The van der Waals surface area contributed by atoms with Crippen molar-refractivity contribution < 1.29 is 25.9 Å². The third-order valence-electron chi connectivity index (χ3n) is 7.02. The molecule has 263 valence electrons. The summed E-state index contributed by atoms with van der Waals surface area (Å²) in [5.41, 5.74) is 6.37. The molecule has 1 unspecified atom stereocenters. The van der Waals surface area contributed by atoms with E-state index in [4.69, 9.17) is 37.2 Å². The van der Waals surface area contributed by atoms with Crippen molar-refractivity contribution in [2.75, 3.05) is 0 Å². The zero-order chi connectivity index (χ0) is 38.3. The Labute approximate surface area is 317 Å². The van der Waals surface area contributed by atoms with Crippen LogP contribution < -0.4 is 0 Å². The maximum Gasteiger partial charge on any atom is 0.335 e. The van der Waals surface area contributed by atoms with Crippen molar-refractivity contribution in [2.45, 2.75) is 20.8 Å². The Morgan fingerprint density at radius 1 is 0.654 bits per heavy atom. The van der Waals surface area contributed by atoms with E-state index in [0.29, 0.717) is 34.8 Å². The van der Waals surface area contributed by atoms with Crippen molar-refractivity contribution in [3.8, 4) is 34.5 Å². The largest absolute Gasteiger partial charge is 0.335 e. The minimum Gasteiger partial charge on any atom is -0.332 e. The first-order chi connectivity index (χ1) is 25.7. The molecule has 8 aromatic rings. The molecule has 0 spiro atoms. The minimum atomic E-state index is -0.750. The first kappa shape index (κ1) is 38.0. The summed E-state index contributed by atoms with van der Waals surface area (Å²) in [6.07, 6.45) is 4.10. The van der Waals surface area contributed by atoms with Gasteiger partial charge in [-0.25, -0.2) is 9.97 Å². The lowest BCUT2D eigenvalue weighted by atomic mass is 10.2. The van der Waals surface area contributed by atoms with E-state index in [1.807, 2.05) is 83.6 Å². The number of hydrogen-bond donors (Lipinski definition) is 0. The third kappa shape index (κ3) is 9.53. The molecule has 1 atom stereocenters. The van der Waals surface area contributed by atoms with Crippen molar-refractivity contribution in [3.05, 3.63) is 119 Å². The van der Waals surface area contributed by atoms with E-state index in [-0.39, 0.29) is 0 Å². The molecule has 0 aliphatic rings. The molecule has 52 heavy (non-hydrogen) atoms. The molecule has 0 saturated heterocycles. The molecule has 0 amide bonds. The highest BCUT2D eigenvalue weighted by atomic mass is 79.9. The summed E-state index contributed by atoms with van der Waals surface area (Å²) in [6, 6.07) is 28.1. The quantitative estimate of drug-likeness (QED) is 0.146. The Balaban J connectivity index is 0.000000194. The summed E-state index contributed by atoms with van der Waals surface area (Å²) in [4.78, 5) is 17.9. The maximum absolute atomic E-state index is 8.29. The number of benzene rings is 2. The molecule has 0 aliphatic carbocycles. The number of hydrogen-bond acceptors (Lipinski definition) is 12. The number of rotatable bonds is 4. The van der Waals surface area contributed by atoms with Crippen LogP contribution in [0.15, 0.2) is 111 Å². The summed E-state index contributed by atoms with van der Waals surface area (Å²) in [7, 11) is 3.29. The van der Waals surface area contributed by atoms with Crippen molar-refractivity contribution in [2.24, 2.45) is 0 Å². The fourth-order valence-corrected chi connectivity index (χ4v) is 5.45. The minimum absolute atomic E-state index is 0.427. The maximum atomic E-state index is 8.29. The highest BCUT2D eigenvalue weighted by Crippen LogP contribution is 2.30. The first-order valence-corrected chi connectivity index (χ1v) is 17.6. The molecule has 2 aromatic carbocycles. The molecular formula is C33H28BBrN8O6PS2. The normalized spacial score (nSPS) is 10.2. The SMILES string of the molecule is Cc1noc(-c2ccc3c(Br)cn(-c4ccccc4)c3n2)n1.Cc1noc(-c2ccc3c(C)cn(-c4ccccc4)c3n2)n1.O=S=O.O=S=O.[2H][B]P. The van der Waals surface area contributed by atoms with Crippen LogP contribution in [0.4, 0.5) is 0 Å². The van der Waals surface area contributed by atoms with Crippen molar-refractivity contribution in [1.29, 1.82) is 1.34 Å². The second-order valence-corrected chi connectivity index (χ2v) is 11.4. The van der Waals surface area contributed by atoms with Gasteiger partial charge in [-0.05, 0) is 92.1 Å². The zero-order valence-corrected chi connectivity index (χ0v) is 32.0. The molecule has 0 N–H and O–H groups in total. The van der Waals surface area contributed by atoms with Gasteiger partial charge in [-0.15, -0.1) is 0 Å². The number of para-hydroxylation sites is 2. The van der Waals surface area contributed by atoms with Crippen LogP contribution in [0.5, 0.6) is 0 Å². The Morgan fingerprint density at radius 2 is 1.06 bits per heavy atom. The number of pyridine rings is 2. The fraction of sp³-hybridized carbons (Fsp3) is 0.0909. The molecule has 6 heterocycles. The van der Waals surface area contributed by atoms with Crippen LogP contribution >= 0.6 is 25.0 Å². The van der Waals surface area contributed by atoms with Crippen LogP contribution in [-0.2, 0) is 23.1 Å². The van der Waals surface area contributed by atoms with Gasteiger partial charge in [0.15, 0.2) is 11.6 Å². The topological polar surface area (TPSA) is 182 Å². The summed E-state index contributed by atoms with van der Waals surface area (Å²) in [5.74, 6) is 2.07. The summed E-state index contributed by atoms with van der Waals surface area (Å²) >= 11 is 2.09. The van der Waals surface area contributed by atoms with Crippen molar-refractivity contribution in [3.63, 3.8) is 0 Å². The van der Waals surface area contributed by atoms with E-state index in [9.17, 15) is 0 Å². The van der Waals surface area contributed by atoms with Gasteiger partial charge in [0.25, 0.3) is 11.8 Å². The number of aryl methyl sites for hydroxylation is 3. The van der Waals surface area contributed by atoms with Crippen molar-refractivity contribution in [1.82, 2.24) is 39.4 Å². The predicted octanol–water partition coefficient (Wildman–Crippen LogP) is 6.18. The zero-order valence-electron chi connectivity index (χ0n) is 28.6. The number of halogens is 1. The highest BCUT2D eigenvalue weighted by molar-refractivity contribution is 9.10. The molecular weight excluding hydrogens is 790 g/mol. The molecule has 19 heteroatoms. The molecule has 0 fully saturated rings. The number of fused-ring (bicyclic) bond motifs is 2. The monoisotopic (exact) mass is 818 g/mol. The van der Waals surface area contributed by atoms with Crippen LogP contribution in [0.3, 0.4) is 0 Å². The molecule has 14 nitrogen and oxygen atoms in total. The smallest absolute Gasteiger partial charge is 0.332 e. The summed E-state index contributed by atoms with van der Waals surface area (Å²) in [5, 5.41) is 9.79. The summed E-state index contributed by atoms with van der Waals surface area (Å²) < 4.78 is 54.7. The predicted molar refractivity (Wildman–Crippen MR) is 205 cm³/mol. The van der Waals surface area contributed by atoms with Gasteiger partial charge < -0.3 is 18.2 Å². The second-order valence-electron chi connectivity index (χ2n) is 10.3. The van der Waals surface area contributed by atoms with Gasteiger partial charge in [0, 0.05) is 39.0 Å². The molecule has 0 aliphatic heterocycles. The molecule has 1 radical (unpaired) electrons. The molecule has 6 aromatic heterocycles. The van der Waals surface area contributed by atoms with Crippen LogP contribution in [0.25, 0.3) is 56.6 Å². The Hall–Kier alpha value is -5.29. The van der Waals surface area contributed by atoms with Gasteiger partial charge in [-0.3, -0.25) is 0 Å². The van der Waals surface area contributed by atoms with Gasteiger partial charge in [-0.2, -0.15) is 35.9 Å². The van der Waals surface area contributed by atoms with E-state index >= 15 is 0 Å². The van der Waals surface area contributed by atoms with Crippen LogP contribution in [0, 0.1) is 20.8 Å². The van der Waals surface area contributed by atoms with Crippen LogP contribution in [-0.4, -0.2) is 65.1 Å². The lowest BCUT2D eigenvalue weighted by molar-refractivity contribution is 0.424. The van der Waals surface area contributed by atoms with E-state index in [2.05, 4.69) is 75.1 Å². The van der Waals surface area contributed by atoms with Crippen LogP contribution in [0.1, 0.15) is 17.2 Å². The number of nitrogens with zero attached hydrogens (tertiary/aromatic N) is 8. The first-order valence-electron chi connectivity index (χ1n) is 15.4. The standard InChI is InChI=1S/C17H14N4O.C16H11BrN4O.BH3P.2O2S/c1-11-10-21(13-6-4-3-5-7-13)16-14(11)8-9-15(19-16)17-18-12(2)20-22-17;1-10-18-16(22-20-10)14-8-7-12-13(17)9-21(15(12)19-14)11-5-3-2-4-6-11;1-2;2*1-3-2/h3-10H,1-2H3;2-9H,1H3;1H,2H2;;/i;;1D;;. The average Bonchev–Trinajstić information content (AvgIpc) is 3.96. The molecule has 8 rings (SSSR count). The van der Waals surface area contributed by atoms with Gasteiger partial charge in [0.2, 0.25) is 0 Å². The van der Waals surface area contributed by atoms with E-state index < -0.39 is 23.1 Å². The Bertz CT molecular complexity index is 2320. The van der Waals surface area contributed by atoms with Gasteiger partial charge >= 0.3 is 23.1 Å². The molecule has 0 saturated carbocycles.